The van der Waals surface area contributed by atoms with Gasteiger partial charge in [0.25, 0.3) is 11.8 Å². The summed E-state index contributed by atoms with van der Waals surface area (Å²) >= 11 is 0. The predicted molar refractivity (Wildman–Crippen MR) is 127 cm³/mol. The summed E-state index contributed by atoms with van der Waals surface area (Å²) in [5.74, 6) is -0.0494. The maximum absolute atomic E-state index is 13.6. The highest BCUT2D eigenvalue weighted by Crippen LogP contribution is 2.26. The molecule has 2 amide bonds. The Hall–Kier alpha value is -4.00. The van der Waals surface area contributed by atoms with Crippen LogP contribution in [0.5, 0.6) is 0 Å². The molecule has 1 fully saturated rings. The smallest absolute Gasteiger partial charge is 0.254 e. The molecule has 0 N–H and O–H groups in total. The lowest BCUT2D eigenvalue weighted by molar-refractivity contribution is 0.0536. The fourth-order valence-electron chi connectivity index (χ4n) is 4.26. The van der Waals surface area contributed by atoms with Crippen LogP contribution in [0.3, 0.4) is 0 Å². The van der Waals surface area contributed by atoms with Crippen LogP contribution in [0.25, 0.3) is 22.3 Å². The predicted octanol–water partition coefficient (Wildman–Crippen LogP) is 3.72. The fourth-order valence-corrected chi connectivity index (χ4v) is 4.26. The zero-order chi connectivity index (χ0) is 22.8. The number of pyridine rings is 1. The lowest BCUT2D eigenvalue weighted by Crippen LogP contribution is -2.50. The van der Waals surface area contributed by atoms with Gasteiger partial charge in [0.15, 0.2) is 5.65 Å². The maximum atomic E-state index is 13.6. The minimum atomic E-state index is -0.0537. The van der Waals surface area contributed by atoms with Gasteiger partial charge in [-0.25, -0.2) is 9.67 Å². The molecule has 2 aromatic heterocycles. The molecule has 7 heteroatoms. The van der Waals surface area contributed by atoms with Crippen LogP contribution < -0.4 is 0 Å². The van der Waals surface area contributed by atoms with E-state index in [4.69, 9.17) is 4.98 Å². The molecule has 0 aliphatic carbocycles. The van der Waals surface area contributed by atoms with Gasteiger partial charge in [-0.1, -0.05) is 48.5 Å². The molecule has 0 spiro atoms. The van der Waals surface area contributed by atoms with Crippen molar-refractivity contribution in [1.29, 1.82) is 0 Å². The maximum Gasteiger partial charge on any atom is 0.254 e. The first-order valence-electron chi connectivity index (χ1n) is 11.2. The number of aryl methyl sites for hydroxylation is 1. The molecule has 1 aliphatic heterocycles. The van der Waals surface area contributed by atoms with Crippen molar-refractivity contribution in [2.24, 2.45) is 0 Å². The molecule has 3 heterocycles. The van der Waals surface area contributed by atoms with E-state index in [9.17, 15) is 9.59 Å². The normalized spacial score (nSPS) is 14.0. The Morgan fingerprint density at radius 2 is 1.45 bits per heavy atom. The molecule has 0 radical (unpaired) electrons. The van der Waals surface area contributed by atoms with Gasteiger partial charge in [-0.2, -0.15) is 5.10 Å². The molecule has 1 saturated heterocycles. The highest BCUT2D eigenvalue weighted by molar-refractivity contribution is 6.06. The summed E-state index contributed by atoms with van der Waals surface area (Å²) in [5.41, 5.74) is 3.68. The quantitative estimate of drug-likeness (QED) is 0.486. The molecule has 1 aliphatic rings. The molecule has 2 aromatic carbocycles. The van der Waals surface area contributed by atoms with Gasteiger partial charge < -0.3 is 9.80 Å². The van der Waals surface area contributed by atoms with Gasteiger partial charge in [0.2, 0.25) is 0 Å². The first-order valence-corrected chi connectivity index (χ1v) is 11.2. The molecular weight excluding hydrogens is 414 g/mol. The SMILES string of the molecule is CCn1ncc2c(C(=O)N3CCN(C(=O)c4ccccc4)CC3)cc(-c3ccccc3)nc21. The summed E-state index contributed by atoms with van der Waals surface area (Å²) in [6, 6.07) is 21.0. The highest BCUT2D eigenvalue weighted by atomic mass is 16.2. The highest BCUT2D eigenvalue weighted by Gasteiger charge is 2.27. The molecule has 0 saturated carbocycles. The number of hydrogen-bond donors (Lipinski definition) is 0. The van der Waals surface area contributed by atoms with Crippen LogP contribution >= 0.6 is 0 Å². The number of carbonyl (C=O) groups excluding carboxylic acids is 2. The van der Waals surface area contributed by atoms with E-state index < -0.39 is 0 Å². The van der Waals surface area contributed by atoms with Crippen molar-refractivity contribution in [3.05, 3.63) is 84.1 Å². The Morgan fingerprint density at radius 3 is 2.09 bits per heavy atom. The van der Waals surface area contributed by atoms with Crippen LogP contribution in [0.15, 0.2) is 72.9 Å². The summed E-state index contributed by atoms with van der Waals surface area (Å²) in [6.07, 6.45) is 1.73. The number of rotatable bonds is 4. The number of fused-ring (bicyclic) bond motifs is 1. The number of hydrogen-bond acceptors (Lipinski definition) is 4. The minimum Gasteiger partial charge on any atom is -0.335 e. The molecular formula is C26H25N5O2. The zero-order valence-electron chi connectivity index (χ0n) is 18.5. The molecule has 33 heavy (non-hydrogen) atoms. The number of piperazine rings is 1. The third kappa shape index (κ3) is 3.98. The molecule has 0 bridgehead atoms. The van der Waals surface area contributed by atoms with Crippen molar-refractivity contribution < 1.29 is 9.59 Å². The van der Waals surface area contributed by atoms with E-state index >= 15 is 0 Å². The fraction of sp³-hybridized carbons (Fsp3) is 0.231. The van der Waals surface area contributed by atoms with Gasteiger partial charge in [-0.05, 0) is 25.1 Å². The topological polar surface area (TPSA) is 71.3 Å². The number of nitrogens with zero attached hydrogens (tertiary/aromatic N) is 5. The second kappa shape index (κ2) is 8.86. The number of benzene rings is 2. The van der Waals surface area contributed by atoms with Gasteiger partial charge in [0.1, 0.15) is 0 Å². The average Bonchev–Trinajstić information content (AvgIpc) is 3.31. The molecule has 7 nitrogen and oxygen atoms in total. The van der Waals surface area contributed by atoms with Gasteiger partial charge in [0, 0.05) is 43.9 Å². The molecule has 0 unspecified atom stereocenters. The summed E-state index contributed by atoms with van der Waals surface area (Å²) in [4.78, 5) is 34.8. The summed E-state index contributed by atoms with van der Waals surface area (Å²) in [6.45, 7) is 4.67. The van der Waals surface area contributed by atoms with Crippen molar-refractivity contribution in [3.8, 4) is 11.3 Å². The second-order valence-corrected chi connectivity index (χ2v) is 8.07. The van der Waals surface area contributed by atoms with E-state index in [0.29, 0.717) is 49.5 Å². The van der Waals surface area contributed by atoms with Crippen molar-refractivity contribution in [2.45, 2.75) is 13.5 Å². The van der Waals surface area contributed by atoms with Crippen LogP contribution in [0, 0.1) is 0 Å². The van der Waals surface area contributed by atoms with E-state index in [-0.39, 0.29) is 11.8 Å². The summed E-state index contributed by atoms with van der Waals surface area (Å²) < 4.78 is 1.81. The van der Waals surface area contributed by atoms with Crippen LogP contribution in [0.4, 0.5) is 0 Å². The standard InChI is InChI=1S/C26H25N5O2/c1-2-31-24-22(18-27-31)21(17-23(28-24)19-9-5-3-6-10-19)26(33)30-15-13-29(14-16-30)25(32)20-11-7-4-8-12-20/h3-12,17-18H,2,13-16H2,1H3. The Balaban J connectivity index is 1.42. The first kappa shape index (κ1) is 20.9. The van der Waals surface area contributed by atoms with Crippen molar-refractivity contribution in [1.82, 2.24) is 24.6 Å². The summed E-state index contributed by atoms with van der Waals surface area (Å²) in [5, 5.41) is 5.19. The number of aromatic nitrogens is 3. The van der Waals surface area contributed by atoms with Crippen molar-refractivity contribution >= 4 is 22.8 Å². The monoisotopic (exact) mass is 439 g/mol. The van der Waals surface area contributed by atoms with Crippen LogP contribution in [0.2, 0.25) is 0 Å². The molecule has 5 rings (SSSR count). The van der Waals surface area contributed by atoms with E-state index in [1.165, 1.54) is 0 Å². The van der Waals surface area contributed by atoms with Crippen molar-refractivity contribution in [2.75, 3.05) is 26.2 Å². The largest absolute Gasteiger partial charge is 0.335 e. The van der Waals surface area contributed by atoms with E-state index in [2.05, 4.69) is 5.10 Å². The first-order chi connectivity index (χ1) is 16.2. The van der Waals surface area contributed by atoms with E-state index in [1.807, 2.05) is 88.1 Å². The van der Waals surface area contributed by atoms with Crippen LogP contribution in [-0.4, -0.2) is 62.6 Å². The molecule has 0 atom stereocenters. The average molecular weight is 440 g/mol. The van der Waals surface area contributed by atoms with E-state index in [0.717, 1.165) is 16.6 Å². The lowest BCUT2D eigenvalue weighted by atomic mass is 10.1. The third-order valence-electron chi connectivity index (χ3n) is 6.08. The van der Waals surface area contributed by atoms with Gasteiger partial charge >= 0.3 is 0 Å². The second-order valence-electron chi connectivity index (χ2n) is 8.07. The number of carbonyl (C=O) groups is 2. The van der Waals surface area contributed by atoms with Crippen LogP contribution in [-0.2, 0) is 6.54 Å². The van der Waals surface area contributed by atoms with Gasteiger partial charge in [0.05, 0.1) is 22.8 Å². The third-order valence-corrected chi connectivity index (χ3v) is 6.08. The molecule has 4 aromatic rings. The Labute approximate surface area is 192 Å². The van der Waals surface area contributed by atoms with Crippen molar-refractivity contribution in [3.63, 3.8) is 0 Å². The van der Waals surface area contributed by atoms with Gasteiger partial charge in [-0.3, -0.25) is 9.59 Å². The summed E-state index contributed by atoms with van der Waals surface area (Å²) in [7, 11) is 0. The Morgan fingerprint density at radius 1 is 0.848 bits per heavy atom. The van der Waals surface area contributed by atoms with Crippen LogP contribution in [0.1, 0.15) is 27.6 Å². The zero-order valence-corrected chi connectivity index (χ0v) is 18.5. The Kier molecular flexibility index (Phi) is 5.60. The lowest BCUT2D eigenvalue weighted by Gasteiger charge is -2.35. The minimum absolute atomic E-state index is 0.00425. The molecule has 166 valence electrons. The van der Waals surface area contributed by atoms with Gasteiger partial charge in [-0.15, -0.1) is 0 Å². The Bertz CT molecular complexity index is 1290. The van der Waals surface area contributed by atoms with E-state index in [1.54, 1.807) is 6.20 Å². The number of amides is 2.